The number of aromatic nitrogens is 2. The fraction of sp³-hybridized carbons (Fsp3) is 0.778. The molecule has 0 aromatic carbocycles. The topological polar surface area (TPSA) is 50.7 Å². The molecule has 0 spiro atoms. The second kappa shape index (κ2) is 8.62. The third-order valence-corrected chi connectivity index (χ3v) is 5.30. The SMILES string of the molecule is COc1nccnc1N(C)CC1CCN(CC2CCOCC2)CC1. The molecular formula is C18H30N4O2. The van der Waals surface area contributed by atoms with Crippen molar-refractivity contribution in [1.29, 1.82) is 0 Å². The standard InChI is InChI=1S/C18H30N4O2/c1-21(17-18(23-2)20-8-7-19-17)13-15-3-9-22(10-4-15)14-16-5-11-24-12-6-16/h7-8,15-16H,3-6,9-14H2,1-2H3. The number of piperidine rings is 1. The van der Waals surface area contributed by atoms with E-state index in [2.05, 4.69) is 26.8 Å². The molecule has 3 heterocycles. The van der Waals surface area contributed by atoms with Crippen molar-refractivity contribution in [1.82, 2.24) is 14.9 Å². The van der Waals surface area contributed by atoms with Crippen molar-refractivity contribution < 1.29 is 9.47 Å². The van der Waals surface area contributed by atoms with Gasteiger partial charge in [0, 0.05) is 45.7 Å². The van der Waals surface area contributed by atoms with Crippen LogP contribution in [-0.4, -0.2) is 68.4 Å². The Bertz CT molecular complexity index is 500. The molecule has 3 rings (SSSR count). The Hall–Kier alpha value is -1.40. The van der Waals surface area contributed by atoms with Gasteiger partial charge in [0.25, 0.3) is 5.88 Å². The lowest BCUT2D eigenvalue weighted by Crippen LogP contribution is -2.41. The van der Waals surface area contributed by atoms with Gasteiger partial charge in [-0.25, -0.2) is 9.97 Å². The van der Waals surface area contributed by atoms with E-state index < -0.39 is 0 Å². The summed E-state index contributed by atoms with van der Waals surface area (Å²) >= 11 is 0. The molecule has 2 aliphatic heterocycles. The first kappa shape index (κ1) is 17.4. The van der Waals surface area contributed by atoms with Gasteiger partial charge < -0.3 is 19.3 Å². The highest BCUT2D eigenvalue weighted by Crippen LogP contribution is 2.26. The van der Waals surface area contributed by atoms with Gasteiger partial charge >= 0.3 is 0 Å². The van der Waals surface area contributed by atoms with Gasteiger partial charge in [-0.3, -0.25) is 0 Å². The molecule has 6 heteroatoms. The lowest BCUT2D eigenvalue weighted by molar-refractivity contribution is 0.0470. The van der Waals surface area contributed by atoms with Crippen LogP contribution in [0.1, 0.15) is 25.7 Å². The number of rotatable bonds is 6. The maximum absolute atomic E-state index is 5.47. The van der Waals surface area contributed by atoms with Crippen molar-refractivity contribution in [3.05, 3.63) is 12.4 Å². The summed E-state index contributed by atoms with van der Waals surface area (Å²) < 4.78 is 10.8. The van der Waals surface area contributed by atoms with Gasteiger partial charge in [0.2, 0.25) is 0 Å². The molecule has 0 bridgehead atoms. The molecule has 0 amide bonds. The van der Waals surface area contributed by atoms with Crippen molar-refractivity contribution in [3.63, 3.8) is 0 Å². The molecule has 0 aliphatic carbocycles. The van der Waals surface area contributed by atoms with E-state index in [1.807, 2.05) is 0 Å². The van der Waals surface area contributed by atoms with Crippen LogP contribution in [0.3, 0.4) is 0 Å². The number of nitrogens with zero attached hydrogens (tertiary/aromatic N) is 4. The zero-order valence-electron chi connectivity index (χ0n) is 15.0. The van der Waals surface area contributed by atoms with E-state index in [1.54, 1.807) is 19.5 Å². The van der Waals surface area contributed by atoms with Crippen LogP contribution < -0.4 is 9.64 Å². The lowest BCUT2D eigenvalue weighted by Gasteiger charge is -2.36. The summed E-state index contributed by atoms with van der Waals surface area (Å²) in [6.45, 7) is 6.60. The molecule has 1 aromatic rings. The van der Waals surface area contributed by atoms with Crippen LogP contribution in [-0.2, 0) is 4.74 Å². The number of hydrogen-bond donors (Lipinski definition) is 0. The summed E-state index contributed by atoms with van der Waals surface area (Å²) in [4.78, 5) is 13.5. The van der Waals surface area contributed by atoms with Gasteiger partial charge in [-0.2, -0.15) is 0 Å². The molecule has 2 aliphatic rings. The summed E-state index contributed by atoms with van der Waals surface area (Å²) in [6, 6.07) is 0. The molecule has 2 saturated heterocycles. The predicted octanol–water partition coefficient (Wildman–Crippen LogP) is 2.06. The molecule has 0 radical (unpaired) electrons. The Labute approximate surface area is 145 Å². The number of ether oxygens (including phenoxy) is 2. The lowest BCUT2D eigenvalue weighted by atomic mass is 9.93. The monoisotopic (exact) mass is 334 g/mol. The van der Waals surface area contributed by atoms with Crippen molar-refractivity contribution in [2.24, 2.45) is 11.8 Å². The number of hydrogen-bond acceptors (Lipinski definition) is 6. The summed E-state index contributed by atoms with van der Waals surface area (Å²) in [5, 5.41) is 0. The molecule has 134 valence electrons. The molecule has 0 atom stereocenters. The van der Waals surface area contributed by atoms with E-state index in [0.29, 0.717) is 11.8 Å². The molecule has 2 fully saturated rings. The van der Waals surface area contributed by atoms with Gasteiger partial charge in [-0.15, -0.1) is 0 Å². The first-order valence-electron chi connectivity index (χ1n) is 9.12. The fourth-order valence-corrected chi connectivity index (χ4v) is 3.84. The van der Waals surface area contributed by atoms with E-state index in [0.717, 1.165) is 31.5 Å². The molecule has 24 heavy (non-hydrogen) atoms. The number of methoxy groups -OCH3 is 1. The van der Waals surface area contributed by atoms with E-state index in [9.17, 15) is 0 Å². The molecule has 0 unspecified atom stereocenters. The van der Waals surface area contributed by atoms with Crippen LogP contribution in [0.25, 0.3) is 0 Å². The Kier molecular flexibility index (Phi) is 6.26. The molecule has 6 nitrogen and oxygen atoms in total. The summed E-state index contributed by atoms with van der Waals surface area (Å²) in [5.74, 6) is 3.00. The second-order valence-corrected chi connectivity index (χ2v) is 7.07. The third-order valence-electron chi connectivity index (χ3n) is 5.30. The normalized spacial score (nSPS) is 20.9. The highest BCUT2D eigenvalue weighted by Gasteiger charge is 2.24. The largest absolute Gasteiger partial charge is 0.478 e. The van der Waals surface area contributed by atoms with Gasteiger partial charge in [0.15, 0.2) is 5.82 Å². The minimum absolute atomic E-state index is 0.608. The number of anilines is 1. The van der Waals surface area contributed by atoms with Crippen LogP contribution in [0.5, 0.6) is 5.88 Å². The zero-order chi connectivity index (χ0) is 16.8. The maximum Gasteiger partial charge on any atom is 0.257 e. The van der Waals surface area contributed by atoms with Crippen LogP contribution in [0.2, 0.25) is 0 Å². The van der Waals surface area contributed by atoms with Gasteiger partial charge in [0.1, 0.15) is 0 Å². The summed E-state index contributed by atoms with van der Waals surface area (Å²) in [5.41, 5.74) is 0. The highest BCUT2D eigenvalue weighted by molar-refractivity contribution is 5.46. The van der Waals surface area contributed by atoms with Crippen molar-refractivity contribution in [2.45, 2.75) is 25.7 Å². The minimum Gasteiger partial charge on any atom is -0.478 e. The van der Waals surface area contributed by atoms with Crippen LogP contribution >= 0.6 is 0 Å². The van der Waals surface area contributed by atoms with Crippen LogP contribution in [0.15, 0.2) is 12.4 Å². The Morgan fingerprint density at radius 1 is 1.12 bits per heavy atom. The fourth-order valence-electron chi connectivity index (χ4n) is 3.84. The van der Waals surface area contributed by atoms with E-state index in [4.69, 9.17) is 9.47 Å². The molecular weight excluding hydrogens is 304 g/mol. The average Bonchev–Trinajstić information content (AvgIpc) is 2.64. The molecule has 0 saturated carbocycles. The predicted molar refractivity (Wildman–Crippen MR) is 94.6 cm³/mol. The van der Waals surface area contributed by atoms with E-state index in [1.165, 1.54) is 45.3 Å². The minimum atomic E-state index is 0.608. The van der Waals surface area contributed by atoms with Crippen LogP contribution in [0.4, 0.5) is 5.82 Å². The van der Waals surface area contributed by atoms with E-state index in [-0.39, 0.29) is 0 Å². The van der Waals surface area contributed by atoms with Crippen molar-refractivity contribution >= 4 is 5.82 Å². The quantitative estimate of drug-likeness (QED) is 0.794. The first-order chi connectivity index (χ1) is 11.8. The zero-order valence-corrected chi connectivity index (χ0v) is 15.0. The van der Waals surface area contributed by atoms with Gasteiger partial charge in [-0.1, -0.05) is 0 Å². The average molecular weight is 334 g/mol. The number of likely N-dealkylation sites (tertiary alicyclic amines) is 1. The Morgan fingerprint density at radius 2 is 1.83 bits per heavy atom. The Balaban J connectivity index is 1.44. The Morgan fingerprint density at radius 3 is 2.54 bits per heavy atom. The second-order valence-electron chi connectivity index (χ2n) is 7.07. The third kappa shape index (κ3) is 4.57. The molecule has 0 N–H and O–H groups in total. The first-order valence-corrected chi connectivity index (χ1v) is 9.12. The van der Waals surface area contributed by atoms with Gasteiger partial charge in [0.05, 0.1) is 7.11 Å². The highest BCUT2D eigenvalue weighted by atomic mass is 16.5. The summed E-state index contributed by atoms with van der Waals surface area (Å²) in [6.07, 6.45) is 8.38. The molecule has 1 aromatic heterocycles. The van der Waals surface area contributed by atoms with E-state index >= 15 is 0 Å². The van der Waals surface area contributed by atoms with Crippen LogP contribution in [0, 0.1) is 11.8 Å². The van der Waals surface area contributed by atoms with Gasteiger partial charge in [-0.05, 0) is 50.6 Å². The summed E-state index contributed by atoms with van der Waals surface area (Å²) in [7, 11) is 3.73. The van der Waals surface area contributed by atoms with Crippen molar-refractivity contribution in [2.75, 3.05) is 58.5 Å². The van der Waals surface area contributed by atoms with Crippen molar-refractivity contribution in [3.8, 4) is 5.88 Å². The maximum atomic E-state index is 5.47. The smallest absolute Gasteiger partial charge is 0.257 e.